The first kappa shape index (κ1) is 10.7. The number of ether oxygens (including phenoxy) is 1. The average molecular weight is 247 g/mol. The molecule has 5 atom stereocenters. The predicted molar refractivity (Wildman–Crippen MR) is 63.4 cm³/mol. The van der Waals surface area contributed by atoms with Gasteiger partial charge < -0.3 is 4.74 Å². The van der Waals surface area contributed by atoms with E-state index in [0.29, 0.717) is 5.92 Å². The molecule has 4 nitrogen and oxygen atoms in total. The van der Waals surface area contributed by atoms with Crippen molar-refractivity contribution in [1.29, 1.82) is 0 Å². The molecule has 3 fully saturated rings. The zero-order valence-corrected chi connectivity index (χ0v) is 10.7. The van der Waals surface area contributed by atoms with Crippen molar-refractivity contribution < 1.29 is 14.3 Å². The number of rotatable bonds is 0. The van der Waals surface area contributed by atoms with Crippen LogP contribution in [-0.2, 0) is 14.3 Å². The molecule has 96 valence electrons. The van der Waals surface area contributed by atoms with Crippen molar-refractivity contribution in [2.45, 2.75) is 44.8 Å². The molecule has 4 rings (SSSR count). The molecule has 3 aliphatic heterocycles. The van der Waals surface area contributed by atoms with Crippen molar-refractivity contribution in [3.05, 3.63) is 11.1 Å². The van der Waals surface area contributed by atoms with Crippen molar-refractivity contribution in [1.82, 2.24) is 5.32 Å². The lowest BCUT2D eigenvalue weighted by Gasteiger charge is -2.40. The lowest BCUT2D eigenvalue weighted by Crippen LogP contribution is -2.46. The summed E-state index contributed by atoms with van der Waals surface area (Å²) in [6.45, 7) is 4.28. The van der Waals surface area contributed by atoms with E-state index in [4.69, 9.17) is 4.74 Å². The van der Waals surface area contributed by atoms with Crippen LogP contribution in [0.5, 0.6) is 0 Å². The second kappa shape index (κ2) is 3.05. The highest BCUT2D eigenvalue weighted by Crippen LogP contribution is 2.61. The van der Waals surface area contributed by atoms with Crippen molar-refractivity contribution >= 4 is 11.8 Å². The lowest BCUT2D eigenvalue weighted by atomic mass is 9.62. The normalized spacial score (nSPS) is 49.4. The molecule has 0 aromatic heterocycles. The molecular formula is C14H17NO3. The monoisotopic (exact) mass is 247 g/mol. The summed E-state index contributed by atoms with van der Waals surface area (Å²) in [6.07, 6.45) is 2.92. The second-order valence-corrected chi connectivity index (χ2v) is 6.29. The molecule has 4 aliphatic rings. The highest BCUT2D eigenvalue weighted by molar-refractivity contribution is 6.07. The summed E-state index contributed by atoms with van der Waals surface area (Å²) in [7, 11) is 0. The number of hydrogen-bond acceptors (Lipinski definition) is 3. The third-order valence-corrected chi connectivity index (χ3v) is 5.31. The Labute approximate surface area is 106 Å². The average Bonchev–Trinajstić information content (AvgIpc) is 2.87. The van der Waals surface area contributed by atoms with Gasteiger partial charge in [-0.3, -0.25) is 14.9 Å². The van der Waals surface area contributed by atoms with Gasteiger partial charge >= 0.3 is 0 Å². The summed E-state index contributed by atoms with van der Waals surface area (Å²) >= 11 is 0. The molecule has 4 heteroatoms. The van der Waals surface area contributed by atoms with Gasteiger partial charge in [0.05, 0.1) is 17.9 Å². The Kier molecular flexibility index (Phi) is 1.82. The van der Waals surface area contributed by atoms with Crippen molar-refractivity contribution in [2.75, 3.05) is 0 Å². The molecular weight excluding hydrogens is 230 g/mol. The van der Waals surface area contributed by atoms with Gasteiger partial charge in [-0.2, -0.15) is 0 Å². The fraction of sp³-hybridized carbons (Fsp3) is 0.714. The Morgan fingerprint density at radius 2 is 2.11 bits per heavy atom. The minimum Gasteiger partial charge on any atom is -0.361 e. The van der Waals surface area contributed by atoms with E-state index in [1.165, 1.54) is 11.1 Å². The Bertz CT molecular complexity index is 509. The molecule has 2 bridgehead atoms. The number of imide groups is 1. The Balaban J connectivity index is 1.89. The van der Waals surface area contributed by atoms with Gasteiger partial charge in [0.25, 0.3) is 0 Å². The van der Waals surface area contributed by atoms with Crippen LogP contribution in [0.3, 0.4) is 0 Å². The van der Waals surface area contributed by atoms with Crippen LogP contribution >= 0.6 is 0 Å². The van der Waals surface area contributed by atoms with Gasteiger partial charge in [-0.1, -0.05) is 6.92 Å². The Morgan fingerprint density at radius 3 is 2.89 bits per heavy atom. The lowest BCUT2D eigenvalue weighted by molar-refractivity contribution is -0.131. The van der Waals surface area contributed by atoms with Crippen LogP contribution in [0.1, 0.15) is 33.1 Å². The zero-order chi connectivity index (χ0) is 12.7. The first-order valence-corrected chi connectivity index (χ1v) is 6.77. The van der Waals surface area contributed by atoms with E-state index in [0.717, 1.165) is 19.3 Å². The second-order valence-electron chi connectivity index (χ2n) is 6.29. The van der Waals surface area contributed by atoms with Gasteiger partial charge in [-0.15, -0.1) is 0 Å². The van der Waals surface area contributed by atoms with Gasteiger partial charge in [0.15, 0.2) is 0 Å². The number of fused-ring (bicyclic) bond motifs is 3. The molecule has 0 aromatic rings. The van der Waals surface area contributed by atoms with Crippen LogP contribution in [0.25, 0.3) is 0 Å². The van der Waals surface area contributed by atoms with Crippen LogP contribution in [0.2, 0.25) is 0 Å². The minimum atomic E-state index is -0.451. The summed E-state index contributed by atoms with van der Waals surface area (Å²) in [5.74, 6) is -0.236. The van der Waals surface area contributed by atoms with Crippen molar-refractivity contribution in [2.24, 2.45) is 17.8 Å². The maximum absolute atomic E-state index is 12.1. The third kappa shape index (κ3) is 0.981. The molecule has 1 saturated carbocycles. The predicted octanol–water partition coefficient (Wildman–Crippen LogP) is 1.16. The van der Waals surface area contributed by atoms with E-state index in [-0.39, 0.29) is 29.8 Å². The maximum atomic E-state index is 12.1. The first-order chi connectivity index (χ1) is 8.54. The first-order valence-electron chi connectivity index (χ1n) is 6.77. The van der Waals surface area contributed by atoms with E-state index >= 15 is 0 Å². The molecule has 2 amide bonds. The third-order valence-electron chi connectivity index (χ3n) is 5.31. The maximum Gasteiger partial charge on any atom is 0.233 e. The van der Waals surface area contributed by atoms with Gasteiger partial charge in [-0.25, -0.2) is 0 Å². The summed E-state index contributed by atoms with van der Waals surface area (Å²) < 4.78 is 6.20. The van der Waals surface area contributed by atoms with Gasteiger partial charge in [0.1, 0.15) is 5.60 Å². The van der Waals surface area contributed by atoms with Crippen LogP contribution in [0, 0.1) is 17.8 Å². The molecule has 1 aliphatic carbocycles. The zero-order valence-electron chi connectivity index (χ0n) is 10.7. The van der Waals surface area contributed by atoms with E-state index in [1.54, 1.807) is 0 Å². The van der Waals surface area contributed by atoms with E-state index in [2.05, 4.69) is 19.2 Å². The number of carbonyl (C=O) groups excluding carboxylic acids is 2. The van der Waals surface area contributed by atoms with E-state index in [1.807, 2.05) is 0 Å². The van der Waals surface area contributed by atoms with Gasteiger partial charge in [-0.05, 0) is 43.3 Å². The number of amides is 2. The van der Waals surface area contributed by atoms with Crippen molar-refractivity contribution in [3.8, 4) is 0 Å². The minimum absolute atomic E-state index is 0.119. The number of nitrogens with one attached hydrogen (secondary N) is 1. The number of carbonyl (C=O) groups is 2. The Morgan fingerprint density at radius 1 is 1.33 bits per heavy atom. The van der Waals surface area contributed by atoms with E-state index < -0.39 is 5.60 Å². The SMILES string of the molecule is CC1=C2CCC(C)CC23OC1C1C(=O)NC(=O)C13. The topological polar surface area (TPSA) is 55.4 Å². The van der Waals surface area contributed by atoms with Gasteiger partial charge in [0, 0.05) is 0 Å². The quantitative estimate of drug-likeness (QED) is 0.516. The van der Waals surface area contributed by atoms with E-state index in [9.17, 15) is 9.59 Å². The standard InChI is InChI=1S/C14H17NO3/c1-6-3-4-8-7(2)11-9-10(13(17)15-12(9)16)14(8,5-6)18-11/h6,9-11H,3-5H2,1-2H3,(H,15,16,17). The van der Waals surface area contributed by atoms with Crippen LogP contribution in [0.4, 0.5) is 0 Å². The molecule has 1 N–H and O–H groups in total. The van der Waals surface area contributed by atoms with Crippen LogP contribution in [0.15, 0.2) is 11.1 Å². The fourth-order valence-electron chi connectivity index (χ4n) is 4.62. The fourth-order valence-corrected chi connectivity index (χ4v) is 4.62. The highest BCUT2D eigenvalue weighted by Gasteiger charge is 2.70. The van der Waals surface area contributed by atoms with Crippen LogP contribution < -0.4 is 5.32 Å². The summed E-state index contributed by atoms with van der Waals surface area (Å²) in [6, 6.07) is 0. The molecule has 18 heavy (non-hydrogen) atoms. The van der Waals surface area contributed by atoms with Gasteiger partial charge in [0.2, 0.25) is 11.8 Å². The van der Waals surface area contributed by atoms with Crippen molar-refractivity contribution in [3.63, 3.8) is 0 Å². The Hall–Kier alpha value is -1.16. The summed E-state index contributed by atoms with van der Waals surface area (Å²) in [5, 5.41) is 2.50. The summed E-state index contributed by atoms with van der Waals surface area (Å²) in [5.41, 5.74) is 2.08. The molecule has 3 heterocycles. The smallest absolute Gasteiger partial charge is 0.233 e. The summed E-state index contributed by atoms with van der Waals surface area (Å²) in [4.78, 5) is 24.0. The molecule has 0 radical (unpaired) electrons. The molecule has 5 unspecified atom stereocenters. The molecule has 2 saturated heterocycles. The number of hydrogen-bond donors (Lipinski definition) is 1. The molecule has 0 aromatic carbocycles. The largest absolute Gasteiger partial charge is 0.361 e. The van der Waals surface area contributed by atoms with Crippen LogP contribution in [-0.4, -0.2) is 23.5 Å². The molecule has 1 spiro atoms. The highest BCUT2D eigenvalue weighted by atomic mass is 16.5.